The average molecular weight is 558 g/mol. The molecule has 0 N–H and O–H groups in total. The lowest BCUT2D eigenvalue weighted by Crippen LogP contribution is -2.49. The third kappa shape index (κ3) is 6.20. The zero-order valence-corrected chi connectivity index (χ0v) is 26.3. The standard InChI is InChI=1S/C31H47NO4SSi/c1-8-35-30(34)28-27(25-11-9-10-12-26(25)37-28)32(29(33)22-15-13-21(2)14-16-22)23-17-19-24(20-18-23)36-38(6,7)31(3,4)5/h9-12,21-24H,8,13-20H2,1-7H3/t21?,22?,23-,24+. The highest BCUT2D eigenvalue weighted by atomic mass is 32.1. The van der Waals surface area contributed by atoms with E-state index in [9.17, 15) is 9.59 Å². The van der Waals surface area contributed by atoms with E-state index in [4.69, 9.17) is 9.16 Å². The summed E-state index contributed by atoms with van der Waals surface area (Å²) < 4.78 is 13.3. The maximum absolute atomic E-state index is 14.4. The Morgan fingerprint density at radius 2 is 1.63 bits per heavy atom. The molecule has 1 amide bonds. The predicted molar refractivity (Wildman–Crippen MR) is 161 cm³/mol. The van der Waals surface area contributed by atoms with Crippen LogP contribution in [0.4, 0.5) is 5.69 Å². The molecule has 0 aliphatic heterocycles. The van der Waals surface area contributed by atoms with Gasteiger partial charge in [-0.05, 0) is 88.4 Å². The van der Waals surface area contributed by atoms with Crippen LogP contribution in [0.2, 0.25) is 18.1 Å². The fraction of sp³-hybridized carbons (Fsp3) is 0.677. The van der Waals surface area contributed by atoms with E-state index >= 15 is 0 Å². The molecule has 2 aliphatic carbocycles. The number of fused-ring (bicyclic) bond motifs is 1. The van der Waals surface area contributed by atoms with Crippen molar-refractivity contribution < 1.29 is 18.8 Å². The van der Waals surface area contributed by atoms with Gasteiger partial charge in [-0.3, -0.25) is 4.79 Å². The molecule has 0 atom stereocenters. The van der Waals surface area contributed by atoms with Gasteiger partial charge in [0.15, 0.2) is 8.32 Å². The highest BCUT2D eigenvalue weighted by Gasteiger charge is 2.42. The lowest BCUT2D eigenvalue weighted by Gasteiger charge is -2.43. The fourth-order valence-corrected chi connectivity index (χ4v) is 8.31. The van der Waals surface area contributed by atoms with E-state index in [0.717, 1.165) is 67.1 Å². The van der Waals surface area contributed by atoms with Crippen LogP contribution < -0.4 is 4.90 Å². The van der Waals surface area contributed by atoms with Crippen molar-refractivity contribution in [3.05, 3.63) is 29.1 Å². The smallest absolute Gasteiger partial charge is 0.350 e. The monoisotopic (exact) mass is 557 g/mol. The van der Waals surface area contributed by atoms with Gasteiger partial charge in [0.05, 0.1) is 12.3 Å². The summed E-state index contributed by atoms with van der Waals surface area (Å²) in [6, 6.07) is 8.16. The van der Waals surface area contributed by atoms with Crippen molar-refractivity contribution in [3.63, 3.8) is 0 Å². The second kappa shape index (κ2) is 11.8. The van der Waals surface area contributed by atoms with E-state index in [1.807, 2.05) is 30.0 Å². The minimum Gasteiger partial charge on any atom is -0.462 e. The third-order valence-electron chi connectivity index (χ3n) is 9.15. The Morgan fingerprint density at radius 3 is 2.24 bits per heavy atom. The van der Waals surface area contributed by atoms with Crippen LogP contribution in [0.3, 0.4) is 0 Å². The van der Waals surface area contributed by atoms with Crippen LogP contribution in [0, 0.1) is 11.8 Å². The average Bonchev–Trinajstić information content (AvgIpc) is 3.24. The van der Waals surface area contributed by atoms with Crippen LogP contribution in [0.5, 0.6) is 0 Å². The summed E-state index contributed by atoms with van der Waals surface area (Å²) in [4.78, 5) is 30.2. The van der Waals surface area contributed by atoms with E-state index in [0.29, 0.717) is 17.4 Å². The number of esters is 1. The molecule has 2 aromatic rings. The van der Waals surface area contributed by atoms with Gasteiger partial charge >= 0.3 is 5.97 Å². The van der Waals surface area contributed by atoms with Crippen molar-refractivity contribution >= 4 is 47.3 Å². The van der Waals surface area contributed by atoms with Crippen LogP contribution in [-0.4, -0.2) is 38.9 Å². The number of hydrogen-bond donors (Lipinski definition) is 0. The number of carbonyl (C=O) groups is 2. The molecular weight excluding hydrogens is 510 g/mol. The van der Waals surface area contributed by atoms with E-state index in [1.54, 1.807) is 0 Å². The second-order valence-corrected chi connectivity index (χ2v) is 18.8. The van der Waals surface area contributed by atoms with E-state index < -0.39 is 8.32 Å². The van der Waals surface area contributed by atoms with Crippen LogP contribution in [-0.2, 0) is 14.0 Å². The van der Waals surface area contributed by atoms with Crippen LogP contribution in [0.1, 0.15) is 95.7 Å². The predicted octanol–water partition coefficient (Wildman–Crippen LogP) is 8.57. The summed E-state index contributed by atoms with van der Waals surface area (Å²) in [6.45, 7) is 15.9. The molecule has 2 aliphatic rings. The number of amides is 1. The quantitative estimate of drug-likeness (QED) is 0.253. The number of anilines is 1. The first kappa shape index (κ1) is 29.3. The number of carbonyl (C=O) groups excluding carboxylic acids is 2. The molecule has 4 rings (SSSR count). The first-order valence-corrected chi connectivity index (χ1v) is 18.3. The first-order valence-electron chi connectivity index (χ1n) is 14.6. The maximum atomic E-state index is 14.4. The highest BCUT2D eigenvalue weighted by molar-refractivity contribution is 7.21. The highest BCUT2D eigenvalue weighted by Crippen LogP contribution is 2.45. The Kier molecular flexibility index (Phi) is 9.10. The van der Waals surface area contributed by atoms with Crippen LogP contribution in [0.25, 0.3) is 10.1 Å². The molecule has 1 aromatic carbocycles. The van der Waals surface area contributed by atoms with E-state index in [2.05, 4.69) is 46.9 Å². The first-order chi connectivity index (χ1) is 17.9. The van der Waals surface area contributed by atoms with E-state index in [1.165, 1.54) is 11.3 Å². The molecule has 0 radical (unpaired) electrons. The van der Waals surface area contributed by atoms with Gasteiger partial charge in [0.1, 0.15) is 4.88 Å². The van der Waals surface area contributed by atoms with Gasteiger partial charge in [-0.15, -0.1) is 11.3 Å². The molecular formula is C31H47NO4SSi. The Morgan fingerprint density at radius 1 is 1.00 bits per heavy atom. The summed E-state index contributed by atoms with van der Waals surface area (Å²) in [7, 11) is -1.86. The molecule has 38 heavy (non-hydrogen) atoms. The molecule has 7 heteroatoms. The van der Waals surface area contributed by atoms with Crippen molar-refractivity contribution in [2.24, 2.45) is 11.8 Å². The molecule has 5 nitrogen and oxygen atoms in total. The number of rotatable bonds is 7. The zero-order valence-electron chi connectivity index (χ0n) is 24.5. The summed E-state index contributed by atoms with van der Waals surface area (Å²) in [6.07, 6.45) is 7.94. The molecule has 2 saturated carbocycles. The molecule has 210 valence electrons. The van der Waals surface area contributed by atoms with Crippen LogP contribution >= 0.6 is 11.3 Å². The topological polar surface area (TPSA) is 55.8 Å². The van der Waals surface area contributed by atoms with Crippen molar-refractivity contribution in [2.45, 2.75) is 116 Å². The Hall–Kier alpha value is -1.70. The summed E-state index contributed by atoms with van der Waals surface area (Å²) in [5.74, 6) is 0.557. The molecule has 0 unspecified atom stereocenters. The normalized spacial score (nSPS) is 24.8. The van der Waals surface area contributed by atoms with Gasteiger partial charge in [-0.25, -0.2) is 4.79 Å². The van der Waals surface area contributed by atoms with Gasteiger partial charge in [0.2, 0.25) is 5.91 Å². The number of thiophene rings is 1. The van der Waals surface area contributed by atoms with Gasteiger partial charge in [0, 0.05) is 28.1 Å². The molecule has 0 saturated heterocycles. The lowest BCUT2D eigenvalue weighted by molar-refractivity contribution is -0.124. The largest absolute Gasteiger partial charge is 0.462 e. The summed E-state index contributed by atoms with van der Waals surface area (Å²) >= 11 is 1.45. The third-order valence-corrected chi connectivity index (χ3v) is 14.8. The Bertz CT molecular complexity index is 1120. The lowest BCUT2D eigenvalue weighted by atomic mass is 9.81. The zero-order chi connectivity index (χ0) is 27.7. The number of nitrogens with zero attached hydrogens (tertiary/aromatic N) is 1. The van der Waals surface area contributed by atoms with Gasteiger partial charge in [-0.2, -0.15) is 0 Å². The molecule has 0 spiro atoms. The number of ether oxygens (including phenoxy) is 1. The van der Waals surface area contributed by atoms with Crippen molar-refractivity contribution in [2.75, 3.05) is 11.5 Å². The van der Waals surface area contributed by atoms with Crippen molar-refractivity contribution in [3.8, 4) is 0 Å². The second-order valence-electron chi connectivity index (χ2n) is 13.0. The molecule has 1 aromatic heterocycles. The minimum absolute atomic E-state index is 0.0149. The molecule has 2 fully saturated rings. The minimum atomic E-state index is -1.86. The van der Waals surface area contributed by atoms with Gasteiger partial charge in [0.25, 0.3) is 0 Å². The summed E-state index contributed by atoms with van der Waals surface area (Å²) in [5, 5.41) is 1.16. The van der Waals surface area contributed by atoms with Gasteiger partial charge in [-0.1, -0.05) is 45.9 Å². The number of hydrogen-bond acceptors (Lipinski definition) is 5. The Labute approximate surface area is 234 Å². The Balaban J connectivity index is 1.68. The van der Waals surface area contributed by atoms with E-state index in [-0.39, 0.29) is 35.0 Å². The maximum Gasteiger partial charge on any atom is 0.350 e. The fourth-order valence-electron chi connectivity index (χ4n) is 5.80. The van der Waals surface area contributed by atoms with Crippen molar-refractivity contribution in [1.29, 1.82) is 0 Å². The number of benzene rings is 1. The van der Waals surface area contributed by atoms with Crippen molar-refractivity contribution in [1.82, 2.24) is 0 Å². The summed E-state index contributed by atoms with van der Waals surface area (Å²) in [5.41, 5.74) is 0.779. The SMILES string of the molecule is CCOC(=O)c1sc2ccccc2c1N(C(=O)C1CCC(C)CC1)[C@H]1CC[C@@H](O[Si](C)(C)C(C)(C)C)CC1. The van der Waals surface area contributed by atoms with Crippen LogP contribution in [0.15, 0.2) is 24.3 Å². The van der Waals surface area contributed by atoms with Gasteiger partial charge < -0.3 is 14.1 Å². The molecule has 1 heterocycles. The molecule has 0 bridgehead atoms.